The number of carbonyl (C=O) groups excluding carboxylic acids is 2. The number of rotatable bonds is 8. The molecule has 0 heterocycles. The standard InChI is InChI=1S/C21H19F3O6/c1-27-16-7-3-14(4-8-16)11-18(20(26)29-13-21(22,23)24)30-19(25)12-15-5-9-17(28-2)10-6-15/h3-11H,12-13H2,1-2H3/b18-11-. The molecule has 2 aromatic rings. The van der Waals surface area contributed by atoms with Gasteiger partial charge in [0.25, 0.3) is 0 Å². The van der Waals surface area contributed by atoms with Gasteiger partial charge in [0, 0.05) is 0 Å². The first-order chi connectivity index (χ1) is 14.2. The molecule has 2 rings (SSSR count). The van der Waals surface area contributed by atoms with Crippen molar-refractivity contribution in [3.05, 3.63) is 65.4 Å². The monoisotopic (exact) mass is 424 g/mol. The SMILES string of the molecule is COc1ccc(/C=C(\OC(=O)Cc2ccc(OC)cc2)C(=O)OCC(F)(F)F)cc1. The Hall–Kier alpha value is -3.49. The quantitative estimate of drug-likeness (QED) is 0.363. The molecule has 30 heavy (non-hydrogen) atoms. The maximum Gasteiger partial charge on any atom is 0.422 e. The number of alkyl halides is 3. The van der Waals surface area contributed by atoms with E-state index in [0.29, 0.717) is 22.6 Å². The van der Waals surface area contributed by atoms with E-state index in [9.17, 15) is 22.8 Å². The number of hydrogen-bond donors (Lipinski definition) is 0. The van der Waals surface area contributed by atoms with Crippen LogP contribution in [0.3, 0.4) is 0 Å². The molecule has 6 nitrogen and oxygen atoms in total. The predicted octanol–water partition coefficient (Wildman–Crippen LogP) is 3.94. The van der Waals surface area contributed by atoms with Crippen LogP contribution < -0.4 is 9.47 Å². The van der Waals surface area contributed by atoms with E-state index in [-0.39, 0.29) is 6.42 Å². The summed E-state index contributed by atoms with van der Waals surface area (Å²) < 4.78 is 56.4. The fraction of sp³-hybridized carbons (Fsp3) is 0.238. The van der Waals surface area contributed by atoms with E-state index in [1.54, 1.807) is 36.4 Å². The van der Waals surface area contributed by atoms with Crippen molar-refractivity contribution >= 4 is 18.0 Å². The van der Waals surface area contributed by atoms with Crippen molar-refractivity contribution in [2.24, 2.45) is 0 Å². The largest absolute Gasteiger partial charge is 0.497 e. The highest BCUT2D eigenvalue weighted by Gasteiger charge is 2.31. The van der Waals surface area contributed by atoms with Gasteiger partial charge in [-0.2, -0.15) is 13.2 Å². The summed E-state index contributed by atoms with van der Waals surface area (Å²) in [7, 11) is 2.96. The first-order valence-electron chi connectivity index (χ1n) is 8.63. The molecule has 0 aliphatic carbocycles. The highest BCUT2D eigenvalue weighted by atomic mass is 19.4. The highest BCUT2D eigenvalue weighted by molar-refractivity contribution is 5.94. The van der Waals surface area contributed by atoms with E-state index < -0.39 is 30.5 Å². The zero-order chi connectivity index (χ0) is 22.1. The van der Waals surface area contributed by atoms with Crippen LogP contribution in [0.25, 0.3) is 6.08 Å². The molecule has 160 valence electrons. The molecule has 0 spiro atoms. The van der Waals surface area contributed by atoms with Crippen LogP contribution in [0.2, 0.25) is 0 Å². The summed E-state index contributed by atoms with van der Waals surface area (Å²) in [4.78, 5) is 24.3. The first kappa shape index (κ1) is 22.8. The Morgan fingerprint density at radius 3 is 1.93 bits per heavy atom. The van der Waals surface area contributed by atoms with Crippen LogP contribution in [0.4, 0.5) is 13.2 Å². The predicted molar refractivity (Wildman–Crippen MR) is 101 cm³/mol. The Bertz CT molecular complexity index is 886. The molecule has 0 radical (unpaired) electrons. The second kappa shape index (κ2) is 10.3. The Morgan fingerprint density at radius 1 is 0.900 bits per heavy atom. The molecule has 0 saturated heterocycles. The van der Waals surface area contributed by atoms with E-state index in [2.05, 4.69) is 4.74 Å². The lowest BCUT2D eigenvalue weighted by atomic mass is 10.1. The smallest absolute Gasteiger partial charge is 0.422 e. The molecule has 0 saturated carbocycles. The van der Waals surface area contributed by atoms with Crippen molar-refractivity contribution in [1.29, 1.82) is 0 Å². The van der Waals surface area contributed by atoms with Crippen LogP contribution in [0.5, 0.6) is 11.5 Å². The van der Waals surface area contributed by atoms with Crippen molar-refractivity contribution in [3.8, 4) is 11.5 Å². The Labute approximate surface area is 170 Å². The summed E-state index contributed by atoms with van der Waals surface area (Å²) in [5.74, 6) is -1.80. The van der Waals surface area contributed by atoms with E-state index in [4.69, 9.17) is 14.2 Å². The van der Waals surface area contributed by atoms with Crippen LogP contribution in [0, 0.1) is 0 Å². The van der Waals surface area contributed by atoms with Crippen molar-refractivity contribution < 1.29 is 41.7 Å². The number of carbonyl (C=O) groups is 2. The number of methoxy groups -OCH3 is 2. The molecule has 0 atom stereocenters. The molecular formula is C21H19F3O6. The van der Waals surface area contributed by atoms with Crippen LogP contribution in [0.15, 0.2) is 54.3 Å². The number of ether oxygens (including phenoxy) is 4. The minimum Gasteiger partial charge on any atom is -0.497 e. The summed E-state index contributed by atoms with van der Waals surface area (Å²) >= 11 is 0. The second-order valence-corrected chi connectivity index (χ2v) is 5.97. The van der Waals surface area contributed by atoms with Gasteiger partial charge in [0.2, 0.25) is 5.76 Å². The Kier molecular flexibility index (Phi) is 7.85. The van der Waals surface area contributed by atoms with Gasteiger partial charge in [0.1, 0.15) is 11.5 Å². The molecule has 0 N–H and O–H groups in total. The number of benzene rings is 2. The van der Waals surface area contributed by atoms with Crippen LogP contribution in [-0.2, 0) is 25.5 Å². The van der Waals surface area contributed by atoms with Gasteiger partial charge in [-0.25, -0.2) is 4.79 Å². The maximum atomic E-state index is 12.4. The van der Waals surface area contributed by atoms with Gasteiger partial charge < -0.3 is 18.9 Å². The number of esters is 2. The minimum absolute atomic E-state index is 0.212. The molecule has 0 aliphatic heterocycles. The van der Waals surface area contributed by atoms with Gasteiger partial charge in [-0.1, -0.05) is 24.3 Å². The topological polar surface area (TPSA) is 71.1 Å². The summed E-state index contributed by atoms with van der Waals surface area (Å²) in [6, 6.07) is 12.7. The van der Waals surface area contributed by atoms with E-state index in [0.717, 1.165) is 6.08 Å². The van der Waals surface area contributed by atoms with E-state index in [1.165, 1.54) is 26.4 Å². The lowest BCUT2D eigenvalue weighted by Crippen LogP contribution is -2.23. The molecule has 0 aliphatic rings. The number of hydrogen-bond acceptors (Lipinski definition) is 6. The van der Waals surface area contributed by atoms with E-state index >= 15 is 0 Å². The van der Waals surface area contributed by atoms with Gasteiger partial charge in [0.15, 0.2) is 6.61 Å². The minimum atomic E-state index is -4.71. The normalized spacial score (nSPS) is 11.6. The zero-order valence-corrected chi connectivity index (χ0v) is 16.2. The van der Waals surface area contributed by atoms with Crippen molar-refractivity contribution in [2.75, 3.05) is 20.8 Å². The number of halogens is 3. The molecule has 0 aromatic heterocycles. The second-order valence-electron chi connectivity index (χ2n) is 5.97. The van der Waals surface area contributed by atoms with Crippen molar-refractivity contribution in [3.63, 3.8) is 0 Å². The van der Waals surface area contributed by atoms with Gasteiger partial charge in [-0.15, -0.1) is 0 Å². The molecule has 2 aromatic carbocycles. The molecule has 9 heteroatoms. The van der Waals surface area contributed by atoms with Gasteiger partial charge in [-0.3, -0.25) is 4.79 Å². The fourth-order valence-corrected chi connectivity index (χ4v) is 2.27. The van der Waals surface area contributed by atoms with Gasteiger partial charge in [-0.05, 0) is 41.5 Å². The summed E-state index contributed by atoms with van der Waals surface area (Å²) in [6.45, 7) is -1.80. The van der Waals surface area contributed by atoms with Crippen LogP contribution in [-0.4, -0.2) is 38.9 Å². The molecule has 0 amide bonds. The van der Waals surface area contributed by atoms with E-state index in [1.807, 2.05) is 0 Å². The van der Waals surface area contributed by atoms with Gasteiger partial charge >= 0.3 is 18.1 Å². The van der Waals surface area contributed by atoms with Crippen molar-refractivity contribution in [2.45, 2.75) is 12.6 Å². The van der Waals surface area contributed by atoms with Crippen LogP contribution in [0.1, 0.15) is 11.1 Å². The molecular weight excluding hydrogens is 405 g/mol. The maximum absolute atomic E-state index is 12.4. The van der Waals surface area contributed by atoms with Gasteiger partial charge in [0.05, 0.1) is 20.6 Å². The fourth-order valence-electron chi connectivity index (χ4n) is 2.27. The average Bonchev–Trinajstić information content (AvgIpc) is 2.72. The molecule has 0 bridgehead atoms. The average molecular weight is 424 g/mol. The zero-order valence-electron chi connectivity index (χ0n) is 16.2. The Balaban J connectivity index is 2.17. The molecule has 0 fully saturated rings. The lowest BCUT2D eigenvalue weighted by Gasteiger charge is -2.11. The van der Waals surface area contributed by atoms with Crippen LogP contribution >= 0.6 is 0 Å². The summed E-state index contributed by atoms with van der Waals surface area (Å²) in [6.07, 6.45) is -3.81. The van der Waals surface area contributed by atoms with Crippen molar-refractivity contribution in [1.82, 2.24) is 0 Å². The Morgan fingerprint density at radius 2 is 1.43 bits per heavy atom. The third-order valence-electron chi connectivity index (χ3n) is 3.71. The third kappa shape index (κ3) is 7.50. The third-order valence-corrected chi connectivity index (χ3v) is 3.71. The molecule has 0 unspecified atom stereocenters. The summed E-state index contributed by atoms with van der Waals surface area (Å²) in [5.41, 5.74) is 0.959. The highest BCUT2D eigenvalue weighted by Crippen LogP contribution is 2.19. The lowest BCUT2D eigenvalue weighted by molar-refractivity contribution is -0.186. The first-order valence-corrected chi connectivity index (χ1v) is 8.63. The summed E-state index contributed by atoms with van der Waals surface area (Å²) in [5, 5.41) is 0.